The summed E-state index contributed by atoms with van der Waals surface area (Å²) in [5, 5.41) is 0.624. The lowest BCUT2D eigenvalue weighted by Gasteiger charge is -2.41. The molecule has 34 heavy (non-hydrogen) atoms. The highest BCUT2D eigenvalue weighted by Crippen LogP contribution is 2.35. The molecule has 3 atom stereocenters. The molecule has 1 aromatic rings. The minimum absolute atomic E-state index is 0.0147. The number of fused-ring (bicyclic) bond motifs is 1. The highest BCUT2D eigenvalue weighted by atomic mass is 35.5. The van der Waals surface area contributed by atoms with E-state index in [9.17, 15) is 9.59 Å². The Hall–Kier alpha value is -2.03. The van der Waals surface area contributed by atoms with Crippen LogP contribution in [-0.4, -0.2) is 84.0 Å². The van der Waals surface area contributed by atoms with Gasteiger partial charge in [-0.1, -0.05) is 11.6 Å². The van der Waals surface area contributed by atoms with Gasteiger partial charge in [0.2, 0.25) is 0 Å². The topological polar surface area (TPSA) is 71.6 Å². The standard InChI is InChI=1S/C25H36ClN3O5/c1-16-12-28(13-17(2)33-16)23(30)27-7-6-18-10-19(26)11-20(21(18)14-27)22-15-32-9-8-29(22)24(31)34-25(3,4)5/h10-11,16-17,22H,6-9,12-15H2,1-5H3/t16-,17-,22-/m0/s1. The van der Waals surface area contributed by atoms with Crippen LogP contribution in [0.15, 0.2) is 12.1 Å². The van der Waals surface area contributed by atoms with Crippen molar-refractivity contribution in [3.05, 3.63) is 33.8 Å². The molecule has 8 nitrogen and oxygen atoms in total. The number of carbonyl (C=O) groups is 2. The lowest BCUT2D eigenvalue weighted by molar-refractivity contribution is -0.0586. The van der Waals surface area contributed by atoms with Crippen molar-refractivity contribution in [2.45, 2.75) is 71.4 Å². The molecule has 9 heteroatoms. The number of hydrogen-bond donors (Lipinski definition) is 0. The van der Waals surface area contributed by atoms with Gasteiger partial charge >= 0.3 is 12.1 Å². The van der Waals surface area contributed by atoms with Crippen LogP contribution in [0, 0.1) is 0 Å². The highest BCUT2D eigenvalue weighted by Gasteiger charge is 2.36. The maximum absolute atomic E-state index is 13.4. The number of carbonyl (C=O) groups excluding carboxylic acids is 2. The van der Waals surface area contributed by atoms with Gasteiger partial charge in [0, 0.05) is 37.7 Å². The molecule has 4 rings (SSSR count). The second-order valence-corrected chi connectivity index (χ2v) is 11.0. The van der Waals surface area contributed by atoms with Crippen molar-refractivity contribution in [2.75, 3.05) is 39.4 Å². The Kier molecular flexibility index (Phi) is 7.31. The zero-order valence-corrected chi connectivity index (χ0v) is 21.6. The second kappa shape index (κ2) is 9.91. The molecular weight excluding hydrogens is 458 g/mol. The normalized spacial score (nSPS) is 25.7. The first-order chi connectivity index (χ1) is 16.0. The molecule has 2 fully saturated rings. The Morgan fingerprint density at radius 3 is 2.47 bits per heavy atom. The van der Waals surface area contributed by atoms with E-state index in [2.05, 4.69) is 0 Å². The Labute approximate surface area is 207 Å². The monoisotopic (exact) mass is 493 g/mol. The molecule has 0 bridgehead atoms. The van der Waals surface area contributed by atoms with Gasteiger partial charge in [0.05, 0.1) is 31.5 Å². The summed E-state index contributed by atoms with van der Waals surface area (Å²) in [6.45, 7) is 13.1. The number of amides is 3. The summed E-state index contributed by atoms with van der Waals surface area (Å²) in [5.74, 6) is 0. The lowest BCUT2D eigenvalue weighted by Crippen LogP contribution is -2.53. The molecule has 0 spiro atoms. The van der Waals surface area contributed by atoms with Crippen molar-refractivity contribution in [3.63, 3.8) is 0 Å². The lowest BCUT2D eigenvalue weighted by atomic mass is 9.90. The maximum Gasteiger partial charge on any atom is 0.410 e. The smallest absolute Gasteiger partial charge is 0.410 e. The van der Waals surface area contributed by atoms with Crippen LogP contribution in [0.25, 0.3) is 0 Å². The summed E-state index contributed by atoms with van der Waals surface area (Å²) in [4.78, 5) is 31.9. The van der Waals surface area contributed by atoms with Crippen molar-refractivity contribution in [2.24, 2.45) is 0 Å². The van der Waals surface area contributed by atoms with Crippen LogP contribution in [0.2, 0.25) is 5.02 Å². The summed E-state index contributed by atoms with van der Waals surface area (Å²) >= 11 is 6.51. The predicted molar refractivity (Wildman–Crippen MR) is 129 cm³/mol. The third kappa shape index (κ3) is 5.61. The fraction of sp³-hybridized carbons (Fsp3) is 0.680. The van der Waals surface area contributed by atoms with Crippen LogP contribution in [0.5, 0.6) is 0 Å². The largest absolute Gasteiger partial charge is 0.444 e. The van der Waals surface area contributed by atoms with E-state index in [0.29, 0.717) is 57.4 Å². The molecule has 3 heterocycles. The molecule has 1 aromatic carbocycles. The van der Waals surface area contributed by atoms with Crippen molar-refractivity contribution >= 4 is 23.7 Å². The number of hydrogen-bond acceptors (Lipinski definition) is 5. The molecule has 0 radical (unpaired) electrons. The van der Waals surface area contributed by atoms with Gasteiger partial charge < -0.3 is 24.0 Å². The summed E-state index contributed by atoms with van der Waals surface area (Å²) in [5.41, 5.74) is 2.49. The second-order valence-electron chi connectivity index (χ2n) is 10.5. The molecule has 0 unspecified atom stereocenters. The van der Waals surface area contributed by atoms with Gasteiger partial charge in [-0.25, -0.2) is 9.59 Å². The number of ether oxygens (including phenoxy) is 3. The molecule has 0 aromatic heterocycles. The van der Waals surface area contributed by atoms with Gasteiger partial charge in [0.1, 0.15) is 5.60 Å². The quantitative estimate of drug-likeness (QED) is 0.585. The Balaban J connectivity index is 1.60. The minimum atomic E-state index is -0.594. The molecular formula is C25H36ClN3O5. The molecule has 2 saturated heterocycles. The SMILES string of the molecule is C[C@H]1CN(C(=O)N2CCc3cc(Cl)cc([C@@H]4COCCN4C(=O)OC(C)(C)C)c3C2)C[C@H](C)O1. The Morgan fingerprint density at radius 1 is 1.09 bits per heavy atom. The van der Waals surface area contributed by atoms with Gasteiger partial charge in [0.25, 0.3) is 0 Å². The third-order valence-corrected chi connectivity index (χ3v) is 6.64. The fourth-order valence-corrected chi connectivity index (χ4v) is 5.30. The minimum Gasteiger partial charge on any atom is -0.444 e. The van der Waals surface area contributed by atoms with E-state index in [1.165, 1.54) is 0 Å². The molecule has 188 valence electrons. The van der Waals surface area contributed by atoms with E-state index < -0.39 is 5.60 Å². The molecule has 3 aliphatic rings. The maximum atomic E-state index is 13.4. The molecule has 0 N–H and O–H groups in total. The summed E-state index contributed by atoms with van der Waals surface area (Å²) in [6.07, 6.45) is 0.376. The first-order valence-electron chi connectivity index (χ1n) is 12.1. The zero-order chi connectivity index (χ0) is 24.6. The zero-order valence-electron chi connectivity index (χ0n) is 20.8. The van der Waals surface area contributed by atoms with Gasteiger partial charge in [-0.2, -0.15) is 0 Å². The van der Waals surface area contributed by atoms with Crippen LogP contribution in [0.4, 0.5) is 9.59 Å². The average Bonchev–Trinajstić information content (AvgIpc) is 2.76. The van der Waals surface area contributed by atoms with Crippen molar-refractivity contribution < 1.29 is 23.8 Å². The van der Waals surface area contributed by atoms with Gasteiger partial charge in [-0.3, -0.25) is 4.90 Å². The summed E-state index contributed by atoms with van der Waals surface area (Å²) in [6, 6.07) is 3.58. The Morgan fingerprint density at radius 2 is 1.79 bits per heavy atom. The first kappa shape index (κ1) is 25.1. The number of halogens is 1. The van der Waals surface area contributed by atoms with Crippen molar-refractivity contribution in [1.29, 1.82) is 0 Å². The van der Waals surface area contributed by atoms with Gasteiger partial charge in [-0.15, -0.1) is 0 Å². The molecule has 3 amide bonds. The first-order valence-corrected chi connectivity index (χ1v) is 12.5. The number of urea groups is 1. The summed E-state index contributed by atoms with van der Waals surface area (Å²) < 4.78 is 17.3. The van der Waals surface area contributed by atoms with Crippen LogP contribution >= 0.6 is 11.6 Å². The fourth-order valence-electron chi connectivity index (χ4n) is 5.05. The van der Waals surface area contributed by atoms with Crippen molar-refractivity contribution in [3.8, 4) is 0 Å². The molecule has 0 saturated carbocycles. The van der Waals surface area contributed by atoms with E-state index >= 15 is 0 Å². The van der Waals surface area contributed by atoms with E-state index in [1.807, 2.05) is 56.6 Å². The average molecular weight is 494 g/mol. The van der Waals surface area contributed by atoms with Crippen molar-refractivity contribution in [1.82, 2.24) is 14.7 Å². The molecule has 3 aliphatic heterocycles. The number of benzene rings is 1. The highest BCUT2D eigenvalue weighted by molar-refractivity contribution is 6.30. The van der Waals surface area contributed by atoms with Crippen LogP contribution in [-0.2, 0) is 27.2 Å². The summed E-state index contributed by atoms with van der Waals surface area (Å²) in [7, 11) is 0. The van der Waals surface area contributed by atoms with Crippen LogP contribution < -0.4 is 0 Å². The van der Waals surface area contributed by atoms with Crippen LogP contribution in [0.1, 0.15) is 57.4 Å². The third-order valence-electron chi connectivity index (χ3n) is 6.42. The van der Waals surface area contributed by atoms with Crippen LogP contribution in [0.3, 0.4) is 0 Å². The number of nitrogens with zero attached hydrogens (tertiary/aromatic N) is 3. The van der Waals surface area contributed by atoms with E-state index in [1.54, 1.807) is 4.90 Å². The van der Waals surface area contributed by atoms with E-state index in [4.69, 9.17) is 25.8 Å². The predicted octanol–water partition coefficient (Wildman–Crippen LogP) is 4.24. The number of rotatable bonds is 1. The van der Waals surface area contributed by atoms with E-state index in [0.717, 1.165) is 16.7 Å². The Bertz CT molecular complexity index is 924. The van der Waals surface area contributed by atoms with Gasteiger partial charge in [-0.05, 0) is 69.9 Å². The van der Waals surface area contributed by atoms with Gasteiger partial charge in [0.15, 0.2) is 0 Å². The number of morpholine rings is 2. The molecule has 0 aliphatic carbocycles. The van der Waals surface area contributed by atoms with E-state index in [-0.39, 0.29) is 30.4 Å².